The Hall–Kier alpha value is -0.900. The van der Waals surface area contributed by atoms with E-state index in [0.29, 0.717) is 19.5 Å². The zero-order chi connectivity index (χ0) is 14.6. The van der Waals surface area contributed by atoms with Crippen LogP contribution in [0.3, 0.4) is 0 Å². The molecule has 0 saturated carbocycles. The molecule has 2 atom stereocenters. The van der Waals surface area contributed by atoms with Crippen molar-refractivity contribution >= 4 is 5.91 Å². The Balaban J connectivity index is 2.60. The summed E-state index contributed by atoms with van der Waals surface area (Å²) in [5.74, 6) is -0.0737. The van der Waals surface area contributed by atoms with Gasteiger partial charge in [-0.3, -0.25) is 4.79 Å². The number of halogens is 1. The lowest BCUT2D eigenvalue weighted by Gasteiger charge is -2.41. The Morgan fingerprint density at radius 2 is 2.05 bits per heavy atom. The first-order valence-electron chi connectivity index (χ1n) is 6.96. The van der Waals surface area contributed by atoms with E-state index in [1.165, 1.54) is 0 Å². The molecule has 1 amide bonds. The Bertz CT molecular complexity index is 334. The first kappa shape index (κ1) is 16.2. The number of likely N-dealkylation sites (N-methyl/N-ethyl adjacent to an activating group) is 1. The van der Waals surface area contributed by atoms with Crippen LogP contribution in [0.1, 0.15) is 27.2 Å². The van der Waals surface area contributed by atoms with Crippen molar-refractivity contribution in [2.75, 3.05) is 33.7 Å². The normalized spacial score (nSPS) is 25.3. The molecule has 0 spiro atoms. The summed E-state index contributed by atoms with van der Waals surface area (Å²) in [5, 5.41) is 0. The fourth-order valence-corrected chi connectivity index (χ4v) is 2.41. The minimum Gasteiger partial charge on any atom is -0.339 e. The first-order chi connectivity index (χ1) is 8.71. The fraction of sp³-hybridized carbons (Fsp3) is 0.800. The fourth-order valence-electron chi connectivity index (χ4n) is 2.41. The quantitative estimate of drug-likeness (QED) is 0.735. The largest absolute Gasteiger partial charge is 0.339 e. The van der Waals surface area contributed by atoms with E-state index in [4.69, 9.17) is 0 Å². The third-order valence-corrected chi connectivity index (χ3v) is 3.68. The molecule has 0 aromatic rings. The van der Waals surface area contributed by atoms with Crippen LogP contribution in [0.25, 0.3) is 0 Å². The van der Waals surface area contributed by atoms with Crippen LogP contribution in [0.2, 0.25) is 0 Å². The molecule has 0 aromatic carbocycles. The SMILES string of the molecule is CN(C)C/C=C/C(=O)N1CCC(F)C(C(C)(C)C)C1. The minimum absolute atomic E-state index is 0.00278. The molecule has 3 nitrogen and oxygen atoms in total. The highest BCUT2D eigenvalue weighted by Crippen LogP contribution is 2.35. The molecule has 110 valence electrons. The van der Waals surface area contributed by atoms with Crippen molar-refractivity contribution in [3.05, 3.63) is 12.2 Å². The Morgan fingerprint density at radius 1 is 1.42 bits per heavy atom. The van der Waals surface area contributed by atoms with Gasteiger partial charge < -0.3 is 9.80 Å². The smallest absolute Gasteiger partial charge is 0.246 e. The van der Waals surface area contributed by atoms with Gasteiger partial charge in [-0.2, -0.15) is 0 Å². The van der Waals surface area contributed by atoms with Gasteiger partial charge in [-0.25, -0.2) is 4.39 Å². The summed E-state index contributed by atoms with van der Waals surface area (Å²) in [6, 6.07) is 0. The highest BCUT2D eigenvalue weighted by molar-refractivity contribution is 5.87. The van der Waals surface area contributed by atoms with Crippen LogP contribution in [0, 0.1) is 11.3 Å². The summed E-state index contributed by atoms with van der Waals surface area (Å²) >= 11 is 0. The van der Waals surface area contributed by atoms with Crippen LogP contribution in [0.4, 0.5) is 4.39 Å². The van der Waals surface area contributed by atoms with E-state index in [-0.39, 0.29) is 17.2 Å². The maximum Gasteiger partial charge on any atom is 0.246 e. The monoisotopic (exact) mass is 270 g/mol. The molecule has 0 bridgehead atoms. The number of carbonyl (C=O) groups excluding carboxylic acids is 1. The molecule has 0 aliphatic carbocycles. The van der Waals surface area contributed by atoms with Gasteiger partial charge in [-0.15, -0.1) is 0 Å². The van der Waals surface area contributed by atoms with Crippen LogP contribution in [0.5, 0.6) is 0 Å². The number of hydrogen-bond donors (Lipinski definition) is 0. The summed E-state index contributed by atoms with van der Waals surface area (Å²) in [7, 11) is 3.91. The maximum absolute atomic E-state index is 14.0. The number of likely N-dealkylation sites (tertiary alicyclic amines) is 1. The average Bonchev–Trinajstić information content (AvgIpc) is 2.27. The Labute approximate surface area is 116 Å². The van der Waals surface area contributed by atoms with Crippen molar-refractivity contribution in [2.45, 2.75) is 33.4 Å². The second-order valence-electron chi connectivity index (χ2n) is 6.73. The van der Waals surface area contributed by atoms with Gasteiger partial charge in [0.05, 0.1) is 0 Å². The molecule has 19 heavy (non-hydrogen) atoms. The van der Waals surface area contributed by atoms with E-state index in [0.717, 1.165) is 6.54 Å². The second kappa shape index (κ2) is 6.51. The van der Waals surface area contributed by atoms with E-state index in [2.05, 4.69) is 0 Å². The number of amides is 1. The van der Waals surface area contributed by atoms with Gasteiger partial charge in [0, 0.05) is 31.6 Å². The molecule has 0 aromatic heterocycles. The second-order valence-corrected chi connectivity index (χ2v) is 6.73. The number of piperidine rings is 1. The average molecular weight is 270 g/mol. The van der Waals surface area contributed by atoms with Crippen molar-refractivity contribution in [3.63, 3.8) is 0 Å². The topological polar surface area (TPSA) is 23.6 Å². The third kappa shape index (κ3) is 4.94. The molecular weight excluding hydrogens is 243 g/mol. The highest BCUT2D eigenvalue weighted by Gasteiger charge is 2.38. The molecule has 4 heteroatoms. The molecule has 1 saturated heterocycles. The van der Waals surface area contributed by atoms with E-state index < -0.39 is 6.17 Å². The van der Waals surface area contributed by atoms with Gasteiger partial charge in [-0.05, 0) is 25.9 Å². The number of hydrogen-bond acceptors (Lipinski definition) is 2. The summed E-state index contributed by atoms with van der Waals surface area (Å²) in [6.07, 6.45) is 3.12. The molecule has 1 rings (SSSR count). The number of rotatable bonds is 3. The Kier molecular flexibility index (Phi) is 5.53. The molecule has 2 unspecified atom stereocenters. The molecule has 0 N–H and O–H groups in total. The number of carbonyl (C=O) groups is 1. The van der Waals surface area contributed by atoms with Crippen LogP contribution in [0.15, 0.2) is 12.2 Å². The molecule has 0 radical (unpaired) electrons. The van der Waals surface area contributed by atoms with Gasteiger partial charge in [0.1, 0.15) is 6.17 Å². The zero-order valence-electron chi connectivity index (χ0n) is 12.8. The van der Waals surface area contributed by atoms with E-state index in [9.17, 15) is 9.18 Å². The predicted octanol–water partition coefficient (Wildman–Crippen LogP) is 2.34. The molecule has 1 aliphatic rings. The predicted molar refractivity (Wildman–Crippen MR) is 76.7 cm³/mol. The lowest BCUT2D eigenvalue weighted by atomic mass is 9.75. The summed E-state index contributed by atoms with van der Waals surface area (Å²) < 4.78 is 14.0. The van der Waals surface area contributed by atoms with Crippen molar-refractivity contribution in [1.29, 1.82) is 0 Å². The summed E-state index contributed by atoms with van der Waals surface area (Å²) in [5.41, 5.74) is -0.105. The molecule has 1 fully saturated rings. The van der Waals surface area contributed by atoms with E-state index in [1.807, 2.05) is 45.8 Å². The van der Waals surface area contributed by atoms with E-state index in [1.54, 1.807) is 11.0 Å². The van der Waals surface area contributed by atoms with Gasteiger partial charge in [0.25, 0.3) is 0 Å². The van der Waals surface area contributed by atoms with Crippen LogP contribution >= 0.6 is 0 Å². The Morgan fingerprint density at radius 3 is 2.58 bits per heavy atom. The van der Waals surface area contributed by atoms with Gasteiger partial charge >= 0.3 is 0 Å². The van der Waals surface area contributed by atoms with Crippen LogP contribution < -0.4 is 0 Å². The van der Waals surface area contributed by atoms with Gasteiger partial charge in [0.15, 0.2) is 0 Å². The summed E-state index contributed by atoms with van der Waals surface area (Å²) in [6.45, 7) is 7.92. The standard InChI is InChI=1S/C15H27FN2O/c1-15(2,3)12-11-18(10-8-13(12)16)14(19)7-6-9-17(4)5/h6-7,12-13H,8-11H2,1-5H3/b7-6+. The van der Waals surface area contributed by atoms with Crippen molar-refractivity contribution in [3.8, 4) is 0 Å². The maximum atomic E-state index is 14.0. The number of nitrogens with zero attached hydrogens (tertiary/aromatic N) is 2. The van der Waals surface area contributed by atoms with Gasteiger partial charge in [-0.1, -0.05) is 26.8 Å². The van der Waals surface area contributed by atoms with E-state index >= 15 is 0 Å². The molecule has 1 aliphatic heterocycles. The van der Waals surface area contributed by atoms with Crippen molar-refractivity contribution < 1.29 is 9.18 Å². The third-order valence-electron chi connectivity index (χ3n) is 3.68. The minimum atomic E-state index is -0.796. The lowest BCUT2D eigenvalue weighted by Crippen LogP contribution is -2.48. The highest BCUT2D eigenvalue weighted by atomic mass is 19.1. The summed E-state index contributed by atoms with van der Waals surface area (Å²) in [4.78, 5) is 15.8. The molecular formula is C15H27FN2O. The lowest BCUT2D eigenvalue weighted by molar-refractivity contribution is -0.130. The van der Waals surface area contributed by atoms with Crippen molar-refractivity contribution in [1.82, 2.24) is 9.80 Å². The zero-order valence-corrected chi connectivity index (χ0v) is 12.8. The van der Waals surface area contributed by atoms with Crippen LogP contribution in [-0.4, -0.2) is 55.6 Å². The first-order valence-corrected chi connectivity index (χ1v) is 6.96. The number of alkyl halides is 1. The van der Waals surface area contributed by atoms with Gasteiger partial charge in [0.2, 0.25) is 5.91 Å². The van der Waals surface area contributed by atoms with Crippen molar-refractivity contribution in [2.24, 2.45) is 11.3 Å². The molecule has 1 heterocycles. The van der Waals surface area contributed by atoms with Crippen LogP contribution in [-0.2, 0) is 4.79 Å².